The van der Waals surface area contributed by atoms with Crippen LogP contribution in [0.15, 0.2) is 59.1 Å². The molecule has 0 N–H and O–H groups in total. The molecule has 0 aliphatic rings. The molecule has 0 radical (unpaired) electrons. The zero-order chi connectivity index (χ0) is 12.8. The fourth-order valence-electron chi connectivity index (χ4n) is 1.75. The zero-order valence-electron chi connectivity index (χ0n) is 9.85. The molecule has 0 saturated heterocycles. The first-order valence-corrected chi connectivity index (χ1v) is 7.16. The number of benzene rings is 2. The molecular weight excluding hydrogens is 312 g/mol. The SMILES string of the molecule is ClCC[C@H](Oc1ccccc1Br)c1ccccc1. The first-order chi connectivity index (χ1) is 8.81. The molecule has 0 fully saturated rings. The monoisotopic (exact) mass is 324 g/mol. The summed E-state index contributed by atoms with van der Waals surface area (Å²) in [7, 11) is 0. The molecule has 2 aromatic carbocycles. The van der Waals surface area contributed by atoms with Crippen molar-refractivity contribution in [3.05, 3.63) is 64.6 Å². The molecule has 0 saturated carbocycles. The maximum atomic E-state index is 6.04. The van der Waals surface area contributed by atoms with Crippen LogP contribution >= 0.6 is 27.5 Å². The van der Waals surface area contributed by atoms with Gasteiger partial charge in [-0.15, -0.1) is 11.6 Å². The molecule has 2 aromatic rings. The third-order valence-corrected chi connectivity index (χ3v) is 3.52. The van der Waals surface area contributed by atoms with Gasteiger partial charge in [-0.05, 0) is 33.6 Å². The predicted molar refractivity (Wildman–Crippen MR) is 79.3 cm³/mol. The largest absolute Gasteiger partial charge is 0.485 e. The first kappa shape index (κ1) is 13.4. The molecule has 0 aromatic heterocycles. The third-order valence-electron chi connectivity index (χ3n) is 2.65. The van der Waals surface area contributed by atoms with Crippen LogP contribution in [0.25, 0.3) is 0 Å². The molecule has 1 nitrogen and oxygen atoms in total. The molecule has 0 unspecified atom stereocenters. The van der Waals surface area contributed by atoms with Crippen LogP contribution in [0.4, 0.5) is 0 Å². The minimum absolute atomic E-state index is 0.0117. The van der Waals surface area contributed by atoms with E-state index in [4.69, 9.17) is 16.3 Å². The first-order valence-electron chi connectivity index (χ1n) is 5.83. The Labute approximate surface area is 121 Å². The average Bonchev–Trinajstić information content (AvgIpc) is 2.42. The van der Waals surface area contributed by atoms with E-state index in [2.05, 4.69) is 28.1 Å². The van der Waals surface area contributed by atoms with Gasteiger partial charge in [-0.25, -0.2) is 0 Å². The average molecular weight is 326 g/mol. The van der Waals surface area contributed by atoms with Crippen LogP contribution < -0.4 is 4.74 Å². The van der Waals surface area contributed by atoms with E-state index in [1.165, 1.54) is 0 Å². The van der Waals surface area contributed by atoms with Crippen molar-refractivity contribution in [3.63, 3.8) is 0 Å². The van der Waals surface area contributed by atoms with Gasteiger partial charge in [0.1, 0.15) is 11.9 Å². The van der Waals surface area contributed by atoms with E-state index in [-0.39, 0.29) is 6.10 Å². The minimum Gasteiger partial charge on any atom is -0.485 e. The van der Waals surface area contributed by atoms with Crippen LogP contribution in [0.2, 0.25) is 0 Å². The van der Waals surface area contributed by atoms with Gasteiger partial charge in [0.15, 0.2) is 0 Å². The molecule has 1 atom stereocenters. The summed E-state index contributed by atoms with van der Waals surface area (Å²) in [5.41, 5.74) is 1.15. The van der Waals surface area contributed by atoms with E-state index < -0.39 is 0 Å². The van der Waals surface area contributed by atoms with E-state index in [1.807, 2.05) is 42.5 Å². The standard InChI is InChI=1S/C15H14BrClO/c16-13-8-4-5-9-15(13)18-14(10-11-17)12-6-2-1-3-7-12/h1-9,14H,10-11H2/t14-/m0/s1. The van der Waals surface area contributed by atoms with E-state index >= 15 is 0 Å². The number of hydrogen-bond donors (Lipinski definition) is 0. The van der Waals surface area contributed by atoms with Gasteiger partial charge < -0.3 is 4.74 Å². The molecule has 0 aliphatic heterocycles. The molecule has 2 rings (SSSR count). The van der Waals surface area contributed by atoms with Crippen molar-refractivity contribution in [2.45, 2.75) is 12.5 Å². The normalized spacial score (nSPS) is 12.1. The molecule has 18 heavy (non-hydrogen) atoms. The summed E-state index contributed by atoms with van der Waals surface area (Å²) in [6.45, 7) is 0. The Bertz CT molecular complexity index is 487. The van der Waals surface area contributed by atoms with Crippen molar-refractivity contribution < 1.29 is 4.74 Å². The zero-order valence-corrected chi connectivity index (χ0v) is 12.2. The van der Waals surface area contributed by atoms with Gasteiger partial charge in [0.25, 0.3) is 0 Å². The Morgan fingerprint density at radius 3 is 2.33 bits per heavy atom. The Kier molecular flexibility index (Phi) is 5.09. The summed E-state index contributed by atoms with van der Waals surface area (Å²) in [4.78, 5) is 0. The number of para-hydroxylation sites is 1. The lowest BCUT2D eigenvalue weighted by Crippen LogP contribution is -2.08. The summed E-state index contributed by atoms with van der Waals surface area (Å²) in [5, 5.41) is 0. The van der Waals surface area contributed by atoms with E-state index in [9.17, 15) is 0 Å². The van der Waals surface area contributed by atoms with Crippen molar-refractivity contribution in [3.8, 4) is 5.75 Å². The second-order valence-electron chi connectivity index (χ2n) is 3.93. The van der Waals surface area contributed by atoms with Gasteiger partial charge in [-0.2, -0.15) is 0 Å². The van der Waals surface area contributed by atoms with Gasteiger partial charge in [0.2, 0.25) is 0 Å². The Hall–Kier alpha value is -0.990. The highest BCUT2D eigenvalue weighted by atomic mass is 79.9. The van der Waals surface area contributed by atoms with Gasteiger partial charge in [0, 0.05) is 12.3 Å². The Morgan fingerprint density at radius 2 is 1.67 bits per heavy atom. The van der Waals surface area contributed by atoms with Gasteiger partial charge in [-0.1, -0.05) is 42.5 Å². The number of alkyl halides is 1. The molecule has 0 spiro atoms. The lowest BCUT2D eigenvalue weighted by molar-refractivity contribution is 0.201. The minimum atomic E-state index is -0.0117. The van der Waals surface area contributed by atoms with Crippen LogP contribution in [0.1, 0.15) is 18.1 Å². The highest BCUT2D eigenvalue weighted by molar-refractivity contribution is 9.10. The molecular formula is C15H14BrClO. The second kappa shape index (κ2) is 6.81. The summed E-state index contributed by atoms with van der Waals surface area (Å²) in [5.74, 6) is 1.42. The molecule has 3 heteroatoms. The third kappa shape index (κ3) is 3.50. The fourth-order valence-corrected chi connectivity index (χ4v) is 2.33. The van der Waals surface area contributed by atoms with Crippen molar-refractivity contribution in [1.29, 1.82) is 0 Å². The molecule has 0 bridgehead atoms. The smallest absolute Gasteiger partial charge is 0.134 e. The maximum absolute atomic E-state index is 6.04. The molecule has 0 aliphatic carbocycles. The lowest BCUT2D eigenvalue weighted by Gasteiger charge is -2.19. The van der Waals surface area contributed by atoms with Crippen molar-refractivity contribution in [2.24, 2.45) is 0 Å². The quantitative estimate of drug-likeness (QED) is 0.687. The number of rotatable bonds is 5. The summed E-state index contributed by atoms with van der Waals surface area (Å²) < 4.78 is 7.00. The van der Waals surface area contributed by atoms with Crippen LogP contribution in [0.3, 0.4) is 0 Å². The highest BCUT2D eigenvalue weighted by Gasteiger charge is 2.13. The highest BCUT2D eigenvalue weighted by Crippen LogP contribution is 2.30. The van der Waals surface area contributed by atoms with Crippen molar-refractivity contribution >= 4 is 27.5 Å². The number of halogens is 2. The molecule has 0 heterocycles. The number of hydrogen-bond acceptors (Lipinski definition) is 1. The van der Waals surface area contributed by atoms with Crippen molar-refractivity contribution in [2.75, 3.05) is 5.88 Å². The van der Waals surface area contributed by atoms with Crippen LogP contribution in [0, 0.1) is 0 Å². The predicted octanol–water partition coefficient (Wildman–Crippen LogP) is 5.20. The fraction of sp³-hybridized carbons (Fsp3) is 0.200. The molecule has 0 amide bonds. The molecule has 94 valence electrons. The van der Waals surface area contributed by atoms with Crippen LogP contribution in [0.5, 0.6) is 5.75 Å². The van der Waals surface area contributed by atoms with E-state index in [1.54, 1.807) is 0 Å². The van der Waals surface area contributed by atoms with E-state index in [0.717, 1.165) is 22.2 Å². The topological polar surface area (TPSA) is 9.23 Å². The summed E-state index contributed by atoms with van der Waals surface area (Å²) >= 11 is 9.35. The van der Waals surface area contributed by atoms with Gasteiger partial charge in [0.05, 0.1) is 4.47 Å². The van der Waals surface area contributed by atoms with Crippen molar-refractivity contribution in [1.82, 2.24) is 0 Å². The second-order valence-corrected chi connectivity index (χ2v) is 5.16. The lowest BCUT2D eigenvalue weighted by atomic mass is 10.1. The Balaban J connectivity index is 2.19. The summed E-state index contributed by atoms with van der Waals surface area (Å²) in [6.07, 6.45) is 0.773. The van der Waals surface area contributed by atoms with Gasteiger partial charge >= 0.3 is 0 Å². The maximum Gasteiger partial charge on any atom is 0.134 e. The van der Waals surface area contributed by atoms with Crippen LogP contribution in [-0.4, -0.2) is 5.88 Å². The Morgan fingerprint density at radius 1 is 1.00 bits per heavy atom. The van der Waals surface area contributed by atoms with E-state index in [0.29, 0.717) is 5.88 Å². The summed E-state index contributed by atoms with van der Waals surface area (Å²) in [6, 6.07) is 18.0. The van der Waals surface area contributed by atoms with Crippen LogP contribution in [-0.2, 0) is 0 Å². The van der Waals surface area contributed by atoms with Gasteiger partial charge in [-0.3, -0.25) is 0 Å². The number of ether oxygens (including phenoxy) is 1.